The van der Waals surface area contributed by atoms with E-state index in [1.807, 2.05) is 19.9 Å². The molecule has 0 bridgehead atoms. The molecule has 2 fully saturated rings. The van der Waals surface area contributed by atoms with Gasteiger partial charge in [0.05, 0.1) is 19.3 Å². The maximum Gasteiger partial charge on any atom is 0.305 e. The third kappa shape index (κ3) is 8.00. The van der Waals surface area contributed by atoms with Gasteiger partial charge in [0.25, 0.3) is 5.09 Å². The molecule has 4 rings (SSSR count). The molecule has 1 N–H and O–H groups in total. The predicted molar refractivity (Wildman–Crippen MR) is 151 cm³/mol. The van der Waals surface area contributed by atoms with E-state index in [2.05, 4.69) is 41.0 Å². The zero-order valence-electron chi connectivity index (χ0n) is 23.8. The van der Waals surface area contributed by atoms with Crippen LogP contribution < -0.4 is 4.74 Å². The Kier molecular flexibility index (Phi) is 10.9. The Morgan fingerprint density at radius 1 is 1.25 bits per heavy atom. The van der Waals surface area contributed by atoms with Crippen molar-refractivity contribution in [3.8, 4) is 17.6 Å². The van der Waals surface area contributed by atoms with Crippen molar-refractivity contribution < 1.29 is 29.3 Å². The van der Waals surface area contributed by atoms with Gasteiger partial charge >= 0.3 is 5.97 Å². The third-order valence-electron chi connectivity index (χ3n) is 8.76. The van der Waals surface area contributed by atoms with Crippen LogP contribution in [0.15, 0.2) is 30.4 Å². The summed E-state index contributed by atoms with van der Waals surface area (Å²) < 4.78 is 12.0. The minimum Gasteiger partial charge on any atom is -0.489 e. The van der Waals surface area contributed by atoms with Gasteiger partial charge in [0.2, 0.25) is 0 Å². The number of aryl methyl sites for hydroxylation is 1. The van der Waals surface area contributed by atoms with E-state index >= 15 is 0 Å². The summed E-state index contributed by atoms with van der Waals surface area (Å²) in [4.78, 5) is 27.4. The summed E-state index contributed by atoms with van der Waals surface area (Å²) in [6, 6.07) is 6.33. The molecule has 0 radical (unpaired) electrons. The lowest BCUT2D eigenvalue weighted by molar-refractivity contribution is -0.759. The summed E-state index contributed by atoms with van der Waals surface area (Å²) in [5.41, 5.74) is 2.37. The van der Waals surface area contributed by atoms with Crippen LogP contribution in [0.25, 0.3) is 0 Å². The van der Waals surface area contributed by atoms with Crippen molar-refractivity contribution in [3.63, 3.8) is 0 Å². The highest BCUT2D eigenvalue weighted by Gasteiger charge is 2.44. The maximum absolute atomic E-state index is 12.4. The smallest absolute Gasteiger partial charge is 0.305 e. The normalized spacial score (nSPS) is 26.6. The van der Waals surface area contributed by atoms with E-state index < -0.39 is 11.2 Å². The fraction of sp³-hybridized carbons (Fsp3) is 0.656. The molecule has 1 aromatic rings. The number of allylic oxidation sites excluding steroid dienone is 1. The van der Waals surface area contributed by atoms with Gasteiger partial charge in [-0.25, -0.2) is 0 Å². The molecule has 40 heavy (non-hydrogen) atoms. The highest BCUT2D eigenvalue weighted by molar-refractivity contribution is 5.69. The number of rotatable bonds is 13. The van der Waals surface area contributed by atoms with Crippen LogP contribution >= 0.6 is 0 Å². The molecule has 218 valence electrons. The number of para-hydroxylation sites is 1. The van der Waals surface area contributed by atoms with Crippen molar-refractivity contribution in [1.29, 1.82) is 0 Å². The molecule has 0 amide bonds. The Hall–Kier alpha value is -3.05. The summed E-state index contributed by atoms with van der Waals surface area (Å²) in [5, 5.41) is 20.3. The van der Waals surface area contributed by atoms with Gasteiger partial charge in [-0.1, -0.05) is 43.7 Å². The zero-order valence-corrected chi connectivity index (χ0v) is 23.8. The second kappa shape index (κ2) is 14.5. The number of hydrogen-bond acceptors (Lipinski definition) is 7. The number of aliphatic hydroxyl groups is 1. The van der Waals surface area contributed by atoms with E-state index in [9.17, 15) is 20.0 Å². The first-order valence-corrected chi connectivity index (χ1v) is 14.8. The van der Waals surface area contributed by atoms with Crippen LogP contribution in [0.5, 0.6) is 5.75 Å². The van der Waals surface area contributed by atoms with Crippen molar-refractivity contribution >= 4 is 5.97 Å². The Bertz CT molecular complexity index is 1110. The fourth-order valence-electron chi connectivity index (χ4n) is 6.54. The molecule has 7 atom stereocenters. The summed E-state index contributed by atoms with van der Waals surface area (Å²) in [6.07, 6.45) is 11.9. The van der Waals surface area contributed by atoms with Crippen LogP contribution in [-0.4, -0.2) is 41.6 Å². The number of ether oxygens (including phenoxy) is 2. The number of esters is 1. The standard InChI is InChI=1S/C32H43NO7/c1-3-4-8-22(2)28(34)17-15-25-16-18-29-31(25)27-13-6-11-26(32(27)40-29)12-7-14-30(35)38-20-23-9-5-10-24(19-23)21-39-33(36)37/h6,11,13,15,17,22-25,28-29,31,34H,5,7-10,12,14,16,18-21H2,1-2H3/b17-15+. The largest absolute Gasteiger partial charge is 0.489 e. The van der Waals surface area contributed by atoms with E-state index in [1.165, 1.54) is 5.56 Å². The Morgan fingerprint density at radius 2 is 2.05 bits per heavy atom. The van der Waals surface area contributed by atoms with Gasteiger partial charge in [-0.15, -0.1) is 22.0 Å². The topological polar surface area (TPSA) is 108 Å². The van der Waals surface area contributed by atoms with E-state index in [4.69, 9.17) is 9.47 Å². The lowest BCUT2D eigenvalue weighted by Crippen LogP contribution is -2.25. The molecular weight excluding hydrogens is 510 g/mol. The summed E-state index contributed by atoms with van der Waals surface area (Å²) >= 11 is 0. The van der Waals surface area contributed by atoms with E-state index in [0.29, 0.717) is 37.7 Å². The SMILES string of the molecule is CC#CCC(C)C(O)/C=C/C1CCC2Oc3c(CCCC(=O)OCC4CCCC(CO[N+](=O)[O-])C4)cccc3C12. The number of benzene rings is 1. The minimum absolute atomic E-state index is 0.0984. The van der Waals surface area contributed by atoms with Crippen molar-refractivity contribution in [2.75, 3.05) is 13.2 Å². The van der Waals surface area contributed by atoms with Gasteiger partial charge in [0, 0.05) is 24.3 Å². The minimum atomic E-state index is -0.739. The number of carbonyl (C=O) groups excluding carboxylic acids is 1. The number of fused-ring (bicyclic) bond motifs is 3. The van der Waals surface area contributed by atoms with Gasteiger partial charge in [-0.3, -0.25) is 4.79 Å². The van der Waals surface area contributed by atoms with Crippen LogP contribution in [0.1, 0.15) is 88.7 Å². The van der Waals surface area contributed by atoms with Gasteiger partial charge in [0.15, 0.2) is 0 Å². The molecule has 1 heterocycles. The molecule has 8 heteroatoms. The Morgan fingerprint density at radius 3 is 2.83 bits per heavy atom. The molecule has 3 aliphatic rings. The van der Waals surface area contributed by atoms with Gasteiger partial charge < -0.3 is 19.4 Å². The van der Waals surface area contributed by atoms with E-state index in [0.717, 1.165) is 56.3 Å². The number of nitrogens with zero attached hydrogens (tertiary/aromatic N) is 1. The van der Waals surface area contributed by atoms with Crippen LogP contribution in [0.3, 0.4) is 0 Å². The first kappa shape index (κ1) is 29.9. The zero-order chi connectivity index (χ0) is 28.5. The average Bonchev–Trinajstić information content (AvgIpc) is 3.52. The highest BCUT2D eigenvalue weighted by atomic mass is 16.9. The molecule has 0 spiro atoms. The molecule has 1 aromatic carbocycles. The second-order valence-electron chi connectivity index (χ2n) is 11.7. The quantitative estimate of drug-likeness (QED) is 0.108. The molecule has 2 aliphatic carbocycles. The fourth-order valence-corrected chi connectivity index (χ4v) is 6.54. The van der Waals surface area contributed by atoms with Crippen LogP contribution in [0, 0.1) is 45.6 Å². The van der Waals surface area contributed by atoms with Gasteiger partial charge in [0.1, 0.15) is 11.9 Å². The Labute approximate surface area is 237 Å². The summed E-state index contributed by atoms with van der Waals surface area (Å²) in [7, 11) is 0. The van der Waals surface area contributed by atoms with Crippen LogP contribution in [-0.2, 0) is 20.8 Å². The predicted octanol–water partition coefficient (Wildman–Crippen LogP) is 5.79. The van der Waals surface area contributed by atoms with Crippen molar-refractivity contribution in [3.05, 3.63) is 51.6 Å². The number of carbonyl (C=O) groups is 1. The average molecular weight is 554 g/mol. The first-order valence-electron chi connectivity index (χ1n) is 14.8. The van der Waals surface area contributed by atoms with E-state index in [1.54, 1.807) is 0 Å². The molecule has 8 nitrogen and oxygen atoms in total. The lowest BCUT2D eigenvalue weighted by Gasteiger charge is -2.28. The van der Waals surface area contributed by atoms with Crippen molar-refractivity contribution in [2.45, 2.75) is 96.2 Å². The molecule has 1 aliphatic heterocycles. The number of aliphatic hydroxyl groups excluding tert-OH is 1. The van der Waals surface area contributed by atoms with Gasteiger partial charge in [-0.2, -0.15) is 0 Å². The van der Waals surface area contributed by atoms with Crippen molar-refractivity contribution in [2.24, 2.45) is 23.7 Å². The first-order chi connectivity index (χ1) is 19.4. The summed E-state index contributed by atoms with van der Waals surface area (Å²) in [6.45, 7) is 4.34. The molecule has 0 saturated heterocycles. The van der Waals surface area contributed by atoms with Crippen LogP contribution in [0.4, 0.5) is 0 Å². The van der Waals surface area contributed by atoms with Crippen molar-refractivity contribution in [1.82, 2.24) is 0 Å². The highest BCUT2D eigenvalue weighted by Crippen LogP contribution is 2.52. The second-order valence-corrected chi connectivity index (χ2v) is 11.7. The monoisotopic (exact) mass is 553 g/mol. The lowest BCUT2D eigenvalue weighted by atomic mass is 9.82. The molecule has 2 saturated carbocycles. The van der Waals surface area contributed by atoms with Gasteiger partial charge in [-0.05, 0) is 81.1 Å². The van der Waals surface area contributed by atoms with E-state index in [-0.39, 0.29) is 36.4 Å². The molecule has 0 aromatic heterocycles. The number of hydrogen-bond donors (Lipinski definition) is 1. The molecular formula is C32H43NO7. The summed E-state index contributed by atoms with van der Waals surface area (Å²) in [5.74, 6) is 7.83. The maximum atomic E-state index is 12.4. The third-order valence-corrected chi connectivity index (χ3v) is 8.76. The van der Waals surface area contributed by atoms with Crippen LogP contribution in [0.2, 0.25) is 0 Å². The molecule has 7 unspecified atom stereocenters. The Balaban J connectivity index is 1.24.